The van der Waals surface area contributed by atoms with Crippen LogP contribution in [0.25, 0.3) is 0 Å². The van der Waals surface area contributed by atoms with Crippen molar-refractivity contribution < 1.29 is 31.1 Å². The molecule has 0 aliphatic carbocycles. The van der Waals surface area contributed by atoms with E-state index in [-0.39, 0.29) is 10.8 Å². The second kappa shape index (κ2) is 9.69. The first-order valence-electron chi connectivity index (χ1n) is 8.55. The molecule has 0 spiro atoms. The predicted octanol–water partition coefficient (Wildman–Crippen LogP) is 4.49. The number of benzene rings is 1. The summed E-state index contributed by atoms with van der Waals surface area (Å²) in [4.78, 5) is 14.0. The van der Waals surface area contributed by atoms with Crippen molar-refractivity contribution in [3.05, 3.63) is 29.3 Å². The van der Waals surface area contributed by atoms with Crippen LogP contribution in [0.4, 0.5) is 26.3 Å². The van der Waals surface area contributed by atoms with Crippen LogP contribution in [0.1, 0.15) is 37.8 Å². The number of carbonyl (C=O) groups is 1. The quantitative estimate of drug-likeness (QED) is 0.436. The summed E-state index contributed by atoms with van der Waals surface area (Å²) in [5, 5.41) is 7.61. The van der Waals surface area contributed by atoms with E-state index in [0.29, 0.717) is 19.0 Å². The van der Waals surface area contributed by atoms with E-state index >= 15 is 0 Å². The number of nitrogens with zero attached hydrogens (tertiary/aromatic N) is 2. The molecule has 0 saturated heterocycles. The molecule has 156 valence electrons. The number of carbonyl (C=O) groups excluding carboxylic acids is 1. The zero-order valence-electron chi connectivity index (χ0n) is 15.7. The van der Waals surface area contributed by atoms with Crippen LogP contribution < -0.4 is 4.35 Å². The molecule has 0 fully saturated rings. The molecule has 0 radical (unpaired) electrons. The minimum atomic E-state index is -4.87. The third-order valence-electron chi connectivity index (χ3n) is 4.09. The van der Waals surface area contributed by atoms with Crippen molar-refractivity contribution >= 4 is 24.9 Å². The molecule has 10 heteroatoms. The summed E-state index contributed by atoms with van der Waals surface area (Å²) < 4.78 is 78.3. The Labute approximate surface area is 164 Å². The summed E-state index contributed by atoms with van der Waals surface area (Å²) in [6.07, 6.45) is -8.77. The molecule has 0 heterocycles. The van der Waals surface area contributed by atoms with Crippen LogP contribution in [0.15, 0.2) is 18.2 Å². The van der Waals surface area contributed by atoms with Crippen molar-refractivity contribution in [2.45, 2.75) is 49.0 Å². The van der Waals surface area contributed by atoms with E-state index in [4.69, 9.17) is 5.26 Å². The van der Waals surface area contributed by atoms with Gasteiger partial charge in [0.25, 0.3) is 0 Å². The summed E-state index contributed by atoms with van der Waals surface area (Å²) in [6, 6.07) is 4.07. The molecule has 0 aliphatic heterocycles. The molecule has 2 atom stereocenters. The molecule has 0 saturated carbocycles. The molecule has 2 unspecified atom stereocenters. The number of nitriles is 1. The van der Waals surface area contributed by atoms with Gasteiger partial charge in [0.15, 0.2) is 0 Å². The minimum absolute atomic E-state index is 0.102. The van der Waals surface area contributed by atoms with Crippen LogP contribution in [-0.2, 0) is 11.0 Å². The Bertz CT molecular complexity index is 726. The molecule has 28 heavy (non-hydrogen) atoms. The van der Waals surface area contributed by atoms with Crippen LogP contribution in [0.3, 0.4) is 0 Å². The van der Waals surface area contributed by atoms with Crippen LogP contribution >= 0.6 is 0 Å². The van der Waals surface area contributed by atoms with Crippen molar-refractivity contribution in [2.24, 2.45) is 0 Å². The third kappa shape index (κ3) is 6.44. The van der Waals surface area contributed by atoms with Crippen molar-refractivity contribution in [2.75, 3.05) is 13.6 Å². The molecule has 0 aliphatic rings. The normalized spacial score (nSPS) is 14.3. The molecule has 0 aromatic heterocycles. The average Bonchev–Trinajstić information content (AvgIpc) is 2.59. The average molecular weight is 470 g/mol. The monoisotopic (exact) mass is 470 g/mol. The van der Waals surface area contributed by atoms with Crippen LogP contribution in [0.5, 0.6) is 0 Å². The van der Waals surface area contributed by atoms with Crippen LogP contribution in [-0.4, -0.2) is 45.2 Å². The zero-order chi connectivity index (χ0) is 21.7. The van der Waals surface area contributed by atoms with Gasteiger partial charge in [0, 0.05) is 0 Å². The number of amides is 1. The molecular formula is C18H21AsF6N2O. The Morgan fingerprint density at radius 3 is 2.25 bits per heavy atom. The first kappa shape index (κ1) is 24.4. The third-order valence-corrected chi connectivity index (χ3v) is 10.3. The van der Waals surface area contributed by atoms with Gasteiger partial charge in [-0.1, -0.05) is 0 Å². The summed E-state index contributed by atoms with van der Waals surface area (Å²) in [5.41, 5.74) is -1.92. The summed E-state index contributed by atoms with van der Waals surface area (Å²) in [6.45, 7) is 3.73. The maximum absolute atomic E-state index is 13.3. The Balaban J connectivity index is 3.50. The van der Waals surface area contributed by atoms with E-state index in [1.165, 1.54) is 18.0 Å². The predicted molar refractivity (Wildman–Crippen MR) is 94.4 cm³/mol. The molecule has 0 bridgehead atoms. The summed E-state index contributed by atoms with van der Waals surface area (Å²) in [7, 11) is 1.48. The first-order chi connectivity index (χ1) is 12.9. The van der Waals surface area contributed by atoms with Gasteiger partial charge in [0.2, 0.25) is 0 Å². The van der Waals surface area contributed by atoms with Gasteiger partial charge in [-0.2, -0.15) is 0 Å². The van der Waals surface area contributed by atoms with Gasteiger partial charge >= 0.3 is 164 Å². The molecule has 1 rings (SSSR count). The summed E-state index contributed by atoms with van der Waals surface area (Å²) >= 11 is -3.32. The van der Waals surface area contributed by atoms with E-state index < -0.39 is 54.0 Å². The summed E-state index contributed by atoms with van der Waals surface area (Å²) in [5.74, 6) is -0.480. The van der Waals surface area contributed by atoms with Gasteiger partial charge in [0.05, 0.1) is 0 Å². The first-order valence-corrected chi connectivity index (χ1v) is 11.9. The van der Waals surface area contributed by atoms with Gasteiger partial charge in [0.1, 0.15) is 0 Å². The van der Waals surface area contributed by atoms with Crippen molar-refractivity contribution in [3.63, 3.8) is 0 Å². The van der Waals surface area contributed by atoms with Crippen molar-refractivity contribution in [1.82, 2.24) is 4.90 Å². The van der Waals surface area contributed by atoms with Gasteiger partial charge in [-0.3, -0.25) is 0 Å². The molecule has 0 N–H and O–H groups in total. The van der Waals surface area contributed by atoms with Crippen LogP contribution in [0.2, 0.25) is 9.91 Å². The Morgan fingerprint density at radius 1 is 1.21 bits per heavy atom. The van der Waals surface area contributed by atoms with E-state index in [1.54, 1.807) is 6.92 Å². The number of halogens is 6. The molecule has 1 aromatic rings. The zero-order valence-corrected chi connectivity index (χ0v) is 17.5. The number of rotatable bonds is 7. The fraction of sp³-hybridized carbons (Fsp3) is 0.556. The van der Waals surface area contributed by atoms with Crippen molar-refractivity contribution in [3.8, 4) is 6.07 Å². The van der Waals surface area contributed by atoms with Gasteiger partial charge in [-0.25, -0.2) is 0 Å². The molecule has 1 aromatic carbocycles. The molecule has 3 nitrogen and oxygen atoms in total. The van der Waals surface area contributed by atoms with E-state index in [0.717, 1.165) is 12.1 Å². The van der Waals surface area contributed by atoms with Gasteiger partial charge in [-0.05, 0) is 0 Å². The molecule has 1 amide bonds. The van der Waals surface area contributed by atoms with E-state index in [2.05, 4.69) is 0 Å². The molecular weight excluding hydrogens is 449 g/mol. The topological polar surface area (TPSA) is 44.1 Å². The van der Waals surface area contributed by atoms with Gasteiger partial charge in [-0.15, -0.1) is 0 Å². The second-order valence-electron chi connectivity index (χ2n) is 6.27. The Kier molecular flexibility index (Phi) is 8.43. The number of hydrogen-bond donors (Lipinski definition) is 0. The standard InChI is InChI=1S/C18H21AsF6N2O/c1-4-8-27(3)16(28)15(5-2)19(11-17(20,21)22)13-7-6-12(10-26)14(9-13)18(23,24)25/h6-7,9,15H,4-5,8,11H2,1-3H3. The SMILES string of the molecule is CCCN(C)C(=O)C(CC)[As](CC(F)(F)F)c1ccc(C#N)c(C(F)(F)F)c1. The maximum atomic E-state index is 13.3. The van der Waals surface area contributed by atoms with Gasteiger partial charge < -0.3 is 0 Å². The number of hydrogen-bond acceptors (Lipinski definition) is 2. The fourth-order valence-corrected chi connectivity index (χ4v) is 8.33. The van der Waals surface area contributed by atoms with E-state index in [9.17, 15) is 31.1 Å². The Morgan fingerprint density at radius 2 is 1.82 bits per heavy atom. The van der Waals surface area contributed by atoms with Crippen LogP contribution in [0, 0.1) is 11.3 Å². The second-order valence-corrected chi connectivity index (χ2v) is 11.3. The van der Waals surface area contributed by atoms with E-state index in [1.807, 2.05) is 6.92 Å². The number of alkyl halides is 6. The van der Waals surface area contributed by atoms with Crippen molar-refractivity contribution in [1.29, 1.82) is 5.26 Å². The Hall–Kier alpha value is -1.68. The fourth-order valence-electron chi connectivity index (χ4n) is 2.85.